The molecule has 0 unspecified atom stereocenters. The van der Waals surface area contributed by atoms with Gasteiger partial charge in [0.1, 0.15) is 6.61 Å². The molecule has 0 bridgehead atoms. The first-order valence-electron chi connectivity index (χ1n) is 7.06. The normalized spacial score (nSPS) is 16.4. The van der Waals surface area contributed by atoms with Gasteiger partial charge >= 0.3 is 5.97 Å². The summed E-state index contributed by atoms with van der Waals surface area (Å²) < 4.78 is 5.29. The van der Waals surface area contributed by atoms with Gasteiger partial charge in [0, 0.05) is 15.5 Å². The van der Waals surface area contributed by atoms with Crippen molar-refractivity contribution >= 4 is 40.9 Å². The number of anilines is 1. The van der Waals surface area contributed by atoms with Crippen LogP contribution in [0.2, 0.25) is 5.02 Å². The minimum absolute atomic E-state index is 0.0657. The summed E-state index contributed by atoms with van der Waals surface area (Å²) >= 11 is 7.51. The van der Waals surface area contributed by atoms with E-state index in [-0.39, 0.29) is 17.8 Å². The van der Waals surface area contributed by atoms with Crippen molar-refractivity contribution < 1.29 is 14.3 Å². The summed E-state index contributed by atoms with van der Waals surface area (Å²) in [5, 5.41) is 3.22. The average Bonchev–Trinajstić information content (AvgIpc) is 2.54. The monoisotopic (exact) mass is 347 g/mol. The van der Waals surface area contributed by atoms with Crippen molar-refractivity contribution in [1.82, 2.24) is 0 Å². The number of carbonyl (C=O) groups is 2. The van der Waals surface area contributed by atoms with Crippen molar-refractivity contribution in [2.24, 2.45) is 0 Å². The first-order chi connectivity index (χ1) is 11.0. The highest BCUT2D eigenvalue weighted by Crippen LogP contribution is 2.36. The number of fused-ring (bicyclic) bond motifs is 1. The van der Waals surface area contributed by atoms with Crippen LogP contribution in [0.4, 0.5) is 5.69 Å². The molecule has 6 heteroatoms. The Morgan fingerprint density at radius 3 is 2.87 bits per heavy atom. The van der Waals surface area contributed by atoms with Gasteiger partial charge in [-0.3, -0.25) is 4.79 Å². The number of halogens is 1. The van der Waals surface area contributed by atoms with Gasteiger partial charge in [-0.25, -0.2) is 4.79 Å². The second kappa shape index (κ2) is 6.64. The van der Waals surface area contributed by atoms with Crippen LogP contribution in [0.5, 0.6) is 0 Å². The quantitative estimate of drug-likeness (QED) is 0.848. The van der Waals surface area contributed by atoms with E-state index in [2.05, 4.69) is 5.32 Å². The number of carbonyl (C=O) groups excluding carboxylic acids is 2. The lowest BCUT2D eigenvalue weighted by Gasteiger charge is -2.21. The third-order valence-electron chi connectivity index (χ3n) is 3.46. The summed E-state index contributed by atoms with van der Waals surface area (Å²) in [5.41, 5.74) is 1.79. The van der Waals surface area contributed by atoms with Gasteiger partial charge in [-0.05, 0) is 31.2 Å². The molecule has 1 heterocycles. The molecule has 1 aliphatic heterocycles. The number of ether oxygens (including phenoxy) is 1. The largest absolute Gasteiger partial charge is 0.457 e. The van der Waals surface area contributed by atoms with Crippen molar-refractivity contribution in [1.29, 1.82) is 0 Å². The maximum absolute atomic E-state index is 12.2. The van der Waals surface area contributed by atoms with Crippen molar-refractivity contribution in [2.45, 2.75) is 23.7 Å². The van der Waals surface area contributed by atoms with Crippen LogP contribution < -0.4 is 5.32 Å². The number of rotatable bonds is 3. The van der Waals surface area contributed by atoms with Gasteiger partial charge in [0.25, 0.3) is 0 Å². The molecule has 1 atom stereocenters. The molecular formula is C17H14ClNO3S. The molecule has 0 radical (unpaired) electrons. The van der Waals surface area contributed by atoms with Crippen molar-refractivity contribution in [3.05, 3.63) is 58.6 Å². The number of hydrogen-bond acceptors (Lipinski definition) is 4. The predicted octanol–water partition coefficient (Wildman–Crippen LogP) is 4.13. The molecular weight excluding hydrogens is 334 g/mol. The fraction of sp³-hybridized carbons (Fsp3) is 0.176. The third-order valence-corrected chi connectivity index (χ3v) is 5.01. The minimum Gasteiger partial charge on any atom is -0.457 e. The molecule has 4 nitrogen and oxygen atoms in total. The van der Waals surface area contributed by atoms with Crippen molar-refractivity contribution in [3.63, 3.8) is 0 Å². The summed E-state index contributed by atoms with van der Waals surface area (Å²) in [6.07, 6.45) is 0. The highest BCUT2D eigenvalue weighted by Gasteiger charge is 2.24. The molecule has 1 N–H and O–H groups in total. The first-order valence-corrected chi connectivity index (χ1v) is 8.32. The lowest BCUT2D eigenvalue weighted by Crippen LogP contribution is -2.26. The highest BCUT2D eigenvalue weighted by molar-refractivity contribution is 8.00. The van der Waals surface area contributed by atoms with E-state index in [4.69, 9.17) is 16.3 Å². The van der Waals surface area contributed by atoms with Crippen LogP contribution in [0.15, 0.2) is 47.4 Å². The number of benzene rings is 2. The van der Waals surface area contributed by atoms with Gasteiger partial charge in [0.05, 0.1) is 16.5 Å². The molecule has 1 aliphatic rings. The van der Waals surface area contributed by atoms with E-state index < -0.39 is 5.97 Å². The number of thioether (sulfide) groups is 1. The van der Waals surface area contributed by atoms with Gasteiger partial charge in [-0.15, -0.1) is 11.8 Å². The lowest BCUT2D eigenvalue weighted by atomic mass is 10.2. The molecule has 0 saturated heterocycles. The third kappa shape index (κ3) is 3.51. The zero-order valence-corrected chi connectivity index (χ0v) is 13.9. The summed E-state index contributed by atoms with van der Waals surface area (Å²) in [5.74, 6) is -0.519. The summed E-state index contributed by atoms with van der Waals surface area (Å²) in [4.78, 5) is 24.8. The Morgan fingerprint density at radius 2 is 2.09 bits per heavy atom. The predicted molar refractivity (Wildman–Crippen MR) is 91.0 cm³/mol. The molecule has 2 aromatic carbocycles. The second-order valence-corrected chi connectivity index (χ2v) is 6.92. The Balaban J connectivity index is 1.72. The zero-order valence-electron chi connectivity index (χ0n) is 12.3. The summed E-state index contributed by atoms with van der Waals surface area (Å²) in [6.45, 7) is 1.95. The molecule has 23 heavy (non-hydrogen) atoms. The van der Waals surface area contributed by atoms with E-state index in [0.717, 1.165) is 10.5 Å². The van der Waals surface area contributed by atoms with Gasteiger partial charge in [0.15, 0.2) is 0 Å². The first kappa shape index (κ1) is 15.9. The molecule has 0 aliphatic carbocycles. The van der Waals surface area contributed by atoms with E-state index >= 15 is 0 Å². The van der Waals surface area contributed by atoms with E-state index in [0.29, 0.717) is 16.3 Å². The number of nitrogens with one attached hydrogen (secondary N) is 1. The molecule has 1 amide bonds. The maximum Gasteiger partial charge on any atom is 0.338 e. The second-order valence-electron chi connectivity index (χ2n) is 5.13. The summed E-state index contributed by atoms with van der Waals surface area (Å²) in [7, 11) is 0. The van der Waals surface area contributed by atoms with Crippen molar-refractivity contribution in [3.8, 4) is 0 Å². The van der Waals surface area contributed by atoms with Crippen LogP contribution in [0.3, 0.4) is 0 Å². The van der Waals surface area contributed by atoms with E-state index in [1.54, 1.807) is 24.3 Å². The van der Waals surface area contributed by atoms with Crippen LogP contribution in [-0.4, -0.2) is 17.1 Å². The Morgan fingerprint density at radius 1 is 1.30 bits per heavy atom. The zero-order chi connectivity index (χ0) is 16.4. The molecule has 0 saturated carbocycles. The lowest BCUT2D eigenvalue weighted by molar-refractivity contribution is -0.115. The average molecular weight is 348 g/mol. The summed E-state index contributed by atoms with van der Waals surface area (Å²) in [6, 6.07) is 12.4. The molecule has 3 rings (SSSR count). The van der Waals surface area contributed by atoms with Gasteiger partial charge in [-0.2, -0.15) is 0 Å². The topological polar surface area (TPSA) is 55.4 Å². The van der Waals surface area contributed by atoms with Gasteiger partial charge in [-0.1, -0.05) is 29.8 Å². The standard InChI is InChI=1S/C17H14ClNO3S/c1-10-16(20)19-14-8-11(6-7-15(14)23-10)17(21)22-9-12-4-2-3-5-13(12)18/h2-8,10H,9H2,1H3,(H,19,20)/t10-/m0/s1. The Labute approximate surface area is 143 Å². The minimum atomic E-state index is -0.453. The van der Waals surface area contributed by atoms with Crippen LogP contribution in [0, 0.1) is 0 Å². The Kier molecular flexibility index (Phi) is 4.59. The van der Waals surface area contributed by atoms with Gasteiger partial charge < -0.3 is 10.1 Å². The number of amides is 1. The Bertz CT molecular complexity index is 778. The van der Waals surface area contributed by atoms with Crippen LogP contribution in [-0.2, 0) is 16.1 Å². The molecule has 2 aromatic rings. The molecule has 118 valence electrons. The van der Waals surface area contributed by atoms with Crippen molar-refractivity contribution in [2.75, 3.05) is 5.32 Å². The Hall–Kier alpha value is -1.98. The van der Waals surface area contributed by atoms with Crippen LogP contribution in [0.1, 0.15) is 22.8 Å². The smallest absolute Gasteiger partial charge is 0.338 e. The number of esters is 1. The highest BCUT2D eigenvalue weighted by atomic mass is 35.5. The SMILES string of the molecule is C[C@@H]1Sc2ccc(C(=O)OCc3ccccc3Cl)cc2NC1=O. The maximum atomic E-state index is 12.2. The van der Waals surface area contributed by atoms with E-state index in [1.807, 2.05) is 25.1 Å². The molecule has 0 aromatic heterocycles. The fourth-order valence-electron chi connectivity index (χ4n) is 2.18. The molecule has 0 fully saturated rings. The molecule has 0 spiro atoms. The van der Waals surface area contributed by atoms with Crippen LogP contribution in [0.25, 0.3) is 0 Å². The van der Waals surface area contributed by atoms with Crippen LogP contribution >= 0.6 is 23.4 Å². The van der Waals surface area contributed by atoms with E-state index in [9.17, 15) is 9.59 Å². The number of hydrogen-bond donors (Lipinski definition) is 1. The van der Waals surface area contributed by atoms with E-state index in [1.165, 1.54) is 11.8 Å². The van der Waals surface area contributed by atoms with Gasteiger partial charge in [0.2, 0.25) is 5.91 Å². The fourth-order valence-corrected chi connectivity index (χ4v) is 3.30.